The standard InChI is InChI=1S/C20H23FN2O7/c1-13(14-4-7-18(19(10-14)28-3)29-9-8-27-2)22-20(24)12-30-15-5-6-17(23(25)26)16(21)11-15/h4-7,10-11,13H,8-9,12H2,1-3H3,(H,22,24). The molecule has 0 bridgehead atoms. The number of methoxy groups -OCH3 is 2. The number of nitrogens with zero attached hydrogens (tertiary/aromatic N) is 1. The molecule has 1 atom stereocenters. The van der Waals surface area contributed by atoms with E-state index in [2.05, 4.69) is 5.32 Å². The summed E-state index contributed by atoms with van der Waals surface area (Å²) in [5, 5.41) is 13.4. The highest BCUT2D eigenvalue weighted by atomic mass is 19.1. The van der Waals surface area contributed by atoms with Gasteiger partial charge >= 0.3 is 5.69 Å². The van der Waals surface area contributed by atoms with Gasteiger partial charge in [-0.25, -0.2) is 0 Å². The zero-order valence-corrected chi connectivity index (χ0v) is 16.8. The van der Waals surface area contributed by atoms with Crippen LogP contribution in [0.2, 0.25) is 0 Å². The lowest BCUT2D eigenvalue weighted by Crippen LogP contribution is -2.31. The molecule has 0 saturated carbocycles. The summed E-state index contributed by atoms with van der Waals surface area (Å²) in [5.41, 5.74) is 0.115. The Morgan fingerprint density at radius 1 is 1.13 bits per heavy atom. The van der Waals surface area contributed by atoms with Gasteiger partial charge in [0.2, 0.25) is 5.82 Å². The van der Waals surface area contributed by atoms with E-state index in [1.165, 1.54) is 13.2 Å². The van der Waals surface area contributed by atoms with E-state index in [0.717, 1.165) is 17.7 Å². The molecule has 1 amide bonds. The molecular weight excluding hydrogens is 399 g/mol. The van der Waals surface area contributed by atoms with Gasteiger partial charge in [0.1, 0.15) is 12.4 Å². The summed E-state index contributed by atoms with van der Waals surface area (Å²) in [5.74, 6) is -0.394. The first-order valence-electron chi connectivity index (χ1n) is 9.01. The van der Waals surface area contributed by atoms with Gasteiger partial charge in [0, 0.05) is 19.2 Å². The molecule has 9 nitrogen and oxygen atoms in total. The van der Waals surface area contributed by atoms with Crippen molar-refractivity contribution in [1.82, 2.24) is 5.32 Å². The van der Waals surface area contributed by atoms with E-state index in [1.54, 1.807) is 32.2 Å². The lowest BCUT2D eigenvalue weighted by atomic mass is 10.1. The van der Waals surface area contributed by atoms with E-state index in [1.807, 2.05) is 0 Å². The number of nitrogens with one attached hydrogen (secondary N) is 1. The molecule has 1 unspecified atom stereocenters. The molecule has 0 spiro atoms. The Hall–Kier alpha value is -3.40. The van der Waals surface area contributed by atoms with Gasteiger partial charge in [0.15, 0.2) is 18.1 Å². The van der Waals surface area contributed by atoms with E-state index < -0.39 is 22.3 Å². The second-order valence-corrected chi connectivity index (χ2v) is 6.20. The average molecular weight is 422 g/mol. The Labute approximate surface area is 172 Å². The maximum absolute atomic E-state index is 13.6. The molecule has 2 aromatic carbocycles. The molecule has 0 fully saturated rings. The molecule has 162 valence electrons. The number of nitro benzene ring substituents is 1. The molecule has 10 heteroatoms. The topological polar surface area (TPSA) is 109 Å². The molecule has 2 rings (SSSR count). The highest BCUT2D eigenvalue weighted by Crippen LogP contribution is 2.30. The summed E-state index contributed by atoms with van der Waals surface area (Å²) in [6.07, 6.45) is 0. The van der Waals surface area contributed by atoms with Crippen molar-refractivity contribution in [1.29, 1.82) is 0 Å². The van der Waals surface area contributed by atoms with Gasteiger partial charge in [0.25, 0.3) is 5.91 Å². The summed E-state index contributed by atoms with van der Waals surface area (Å²) >= 11 is 0. The molecule has 0 saturated heterocycles. The minimum absolute atomic E-state index is 0.0140. The number of halogens is 1. The minimum atomic E-state index is -1.04. The van der Waals surface area contributed by atoms with Crippen LogP contribution in [0.1, 0.15) is 18.5 Å². The third-order valence-electron chi connectivity index (χ3n) is 4.10. The highest BCUT2D eigenvalue weighted by Gasteiger charge is 2.16. The fraction of sp³-hybridized carbons (Fsp3) is 0.350. The Morgan fingerprint density at radius 3 is 2.53 bits per heavy atom. The van der Waals surface area contributed by atoms with E-state index in [0.29, 0.717) is 24.7 Å². The average Bonchev–Trinajstić information content (AvgIpc) is 2.72. The van der Waals surface area contributed by atoms with Gasteiger partial charge in [0.05, 0.1) is 24.7 Å². The zero-order valence-electron chi connectivity index (χ0n) is 16.8. The first-order valence-corrected chi connectivity index (χ1v) is 9.01. The van der Waals surface area contributed by atoms with Gasteiger partial charge in [-0.1, -0.05) is 6.07 Å². The Balaban J connectivity index is 1.93. The van der Waals surface area contributed by atoms with Gasteiger partial charge in [-0.3, -0.25) is 14.9 Å². The Morgan fingerprint density at radius 2 is 1.90 bits per heavy atom. The molecule has 0 aliphatic heterocycles. The van der Waals surface area contributed by atoms with Crippen molar-refractivity contribution in [3.05, 3.63) is 57.9 Å². The number of amides is 1. The van der Waals surface area contributed by atoms with Gasteiger partial charge in [-0.2, -0.15) is 4.39 Å². The minimum Gasteiger partial charge on any atom is -0.493 e. The maximum atomic E-state index is 13.6. The van der Waals surface area contributed by atoms with Crippen LogP contribution in [0.15, 0.2) is 36.4 Å². The lowest BCUT2D eigenvalue weighted by Gasteiger charge is -2.17. The molecular formula is C20H23FN2O7. The SMILES string of the molecule is COCCOc1ccc(C(C)NC(=O)COc2ccc([N+](=O)[O-])c(F)c2)cc1OC. The quantitative estimate of drug-likeness (QED) is 0.337. The number of hydrogen-bond donors (Lipinski definition) is 1. The van der Waals surface area contributed by atoms with Crippen molar-refractivity contribution in [3.63, 3.8) is 0 Å². The number of benzene rings is 2. The second-order valence-electron chi connectivity index (χ2n) is 6.20. The first kappa shape index (κ1) is 22.9. The predicted molar refractivity (Wildman–Crippen MR) is 105 cm³/mol. The fourth-order valence-corrected chi connectivity index (χ4v) is 2.55. The van der Waals surface area contributed by atoms with Crippen molar-refractivity contribution in [3.8, 4) is 17.2 Å². The number of carbonyl (C=O) groups is 1. The molecule has 0 heterocycles. The molecule has 2 aromatic rings. The van der Waals surface area contributed by atoms with Gasteiger partial charge in [-0.05, 0) is 30.7 Å². The Kier molecular flexibility index (Phi) is 8.36. The Bertz CT molecular complexity index is 891. The van der Waals surface area contributed by atoms with Crippen molar-refractivity contribution in [2.24, 2.45) is 0 Å². The molecule has 0 aliphatic carbocycles. The van der Waals surface area contributed by atoms with E-state index in [-0.39, 0.29) is 18.4 Å². The summed E-state index contributed by atoms with van der Waals surface area (Å²) in [4.78, 5) is 21.9. The number of rotatable bonds is 11. The summed E-state index contributed by atoms with van der Waals surface area (Å²) in [7, 11) is 3.10. The largest absolute Gasteiger partial charge is 0.493 e. The van der Waals surface area contributed by atoms with Crippen LogP contribution in [0.3, 0.4) is 0 Å². The van der Waals surface area contributed by atoms with Crippen LogP contribution >= 0.6 is 0 Å². The van der Waals surface area contributed by atoms with Crippen LogP contribution in [0, 0.1) is 15.9 Å². The van der Waals surface area contributed by atoms with Gasteiger partial charge in [-0.15, -0.1) is 0 Å². The summed E-state index contributed by atoms with van der Waals surface area (Å²) in [6, 6.07) is 7.99. The van der Waals surface area contributed by atoms with Crippen LogP contribution < -0.4 is 19.5 Å². The van der Waals surface area contributed by atoms with E-state index >= 15 is 0 Å². The van der Waals surface area contributed by atoms with Crippen molar-refractivity contribution < 1.29 is 33.1 Å². The number of hydrogen-bond acceptors (Lipinski definition) is 7. The number of carbonyl (C=O) groups excluding carboxylic acids is 1. The van der Waals surface area contributed by atoms with Crippen molar-refractivity contribution in [2.45, 2.75) is 13.0 Å². The third kappa shape index (κ3) is 6.31. The fourth-order valence-electron chi connectivity index (χ4n) is 2.55. The molecule has 1 N–H and O–H groups in total. The van der Waals surface area contributed by atoms with Crippen LogP contribution in [-0.2, 0) is 9.53 Å². The molecule has 0 radical (unpaired) electrons. The highest BCUT2D eigenvalue weighted by molar-refractivity contribution is 5.78. The smallest absolute Gasteiger partial charge is 0.305 e. The summed E-state index contributed by atoms with van der Waals surface area (Å²) < 4.78 is 34.7. The third-order valence-corrected chi connectivity index (χ3v) is 4.10. The first-order chi connectivity index (χ1) is 14.3. The maximum Gasteiger partial charge on any atom is 0.305 e. The van der Waals surface area contributed by atoms with Crippen LogP contribution in [-0.4, -0.2) is 44.9 Å². The van der Waals surface area contributed by atoms with Gasteiger partial charge < -0.3 is 24.3 Å². The predicted octanol–water partition coefficient (Wildman–Crippen LogP) is 3.02. The number of nitro groups is 1. The molecule has 30 heavy (non-hydrogen) atoms. The van der Waals surface area contributed by atoms with E-state index in [9.17, 15) is 19.3 Å². The number of ether oxygens (including phenoxy) is 4. The summed E-state index contributed by atoms with van der Waals surface area (Å²) in [6.45, 7) is 2.22. The van der Waals surface area contributed by atoms with Crippen LogP contribution in [0.5, 0.6) is 17.2 Å². The van der Waals surface area contributed by atoms with Crippen LogP contribution in [0.25, 0.3) is 0 Å². The second kappa shape index (κ2) is 11.0. The zero-order chi connectivity index (χ0) is 22.1. The molecule has 0 aliphatic rings. The van der Waals surface area contributed by atoms with E-state index in [4.69, 9.17) is 18.9 Å². The molecule has 0 aromatic heterocycles. The normalized spacial score (nSPS) is 11.5. The lowest BCUT2D eigenvalue weighted by molar-refractivity contribution is -0.387. The van der Waals surface area contributed by atoms with Crippen molar-refractivity contribution >= 4 is 11.6 Å². The van der Waals surface area contributed by atoms with Crippen molar-refractivity contribution in [2.75, 3.05) is 34.0 Å². The monoisotopic (exact) mass is 422 g/mol. The van der Waals surface area contributed by atoms with Crippen LogP contribution in [0.4, 0.5) is 10.1 Å².